The molecule has 3 nitrogen and oxygen atoms in total. The molecule has 5 heteroatoms. The van der Waals surface area contributed by atoms with Gasteiger partial charge in [-0.2, -0.15) is 0 Å². The topological polar surface area (TPSA) is 35.0 Å². The molecule has 0 amide bonds. The van der Waals surface area contributed by atoms with Crippen molar-refractivity contribution < 1.29 is 13.5 Å². The first-order chi connectivity index (χ1) is 13.6. The largest absolute Gasteiger partial charge is 0.490 e. The van der Waals surface area contributed by atoms with Crippen molar-refractivity contribution in [2.45, 2.75) is 77.8 Å². The van der Waals surface area contributed by atoms with E-state index in [1.54, 1.807) is 18.5 Å². The van der Waals surface area contributed by atoms with Gasteiger partial charge in [0, 0.05) is 5.56 Å². The smallest absolute Gasteiger partial charge is 0.159 e. The Morgan fingerprint density at radius 2 is 1.71 bits per heavy atom. The first-order valence-electron chi connectivity index (χ1n) is 10.5. The second-order valence-corrected chi connectivity index (χ2v) is 7.34. The molecule has 0 aliphatic rings. The quantitative estimate of drug-likeness (QED) is 0.357. The summed E-state index contributed by atoms with van der Waals surface area (Å²) in [4.78, 5) is 8.58. The Morgan fingerprint density at radius 3 is 2.39 bits per heavy atom. The van der Waals surface area contributed by atoms with Gasteiger partial charge < -0.3 is 4.74 Å². The van der Waals surface area contributed by atoms with Crippen molar-refractivity contribution in [2.24, 2.45) is 0 Å². The molecule has 1 aromatic carbocycles. The van der Waals surface area contributed by atoms with Crippen LogP contribution in [0.4, 0.5) is 8.78 Å². The highest BCUT2D eigenvalue weighted by Gasteiger charge is 2.08. The van der Waals surface area contributed by atoms with Crippen LogP contribution in [0.2, 0.25) is 0 Å². The van der Waals surface area contributed by atoms with Crippen LogP contribution in [0.3, 0.4) is 0 Å². The normalized spacial score (nSPS) is 12.1. The van der Waals surface area contributed by atoms with Gasteiger partial charge in [-0.25, -0.2) is 18.7 Å². The van der Waals surface area contributed by atoms with Gasteiger partial charge in [-0.15, -0.1) is 0 Å². The summed E-state index contributed by atoms with van der Waals surface area (Å²) in [6, 6.07) is 4.99. The maximum atomic E-state index is 14.3. The molecule has 1 aromatic heterocycles. The number of hydrogen-bond acceptors (Lipinski definition) is 3. The Kier molecular flexibility index (Phi) is 9.87. The summed E-state index contributed by atoms with van der Waals surface area (Å²) in [5.41, 5.74) is 1.23. The van der Waals surface area contributed by atoms with Gasteiger partial charge in [0.2, 0.25) is 0 Å². The third kappa shape index (κ3) is 7.91. The molecule has 0 aliphatic carbocycles. The van der Waals surface area contributed by atoms with E-state index >= 15 is 0 Å². The van der Waals surface area contributed by atoms with Gasteiger partial charge in [-0.05, 0) is 44.2 Å². The van der Waals surface area contributed by atoms with E-state index in [1.165, 1.54) is 45.1 Å². The average Bonchev–Trinajstić information content (AvgIpc) is 2.69. The van der Waals surface area contributed by atoms with E-state index in [1.807, 2.05) is 6.07 Å². The van der Waals surface area contributed by atoms with Gasteiger partial charge in [0.1, 0.15) is 5.82 Å². The molecule has 0 N–H and O–H groups in total. The Morgan fingerprint density at radius 1 is 1.00 bits per heavy atom. The van der Waals surface area contributed by atoms with Crippen LogP contribution < -0.4 is 4.74 Å². The van der Waals surface area contributed by atoms with E-state index in [-0.39, 0.29) is 5.82 Å². The van der Waals surface area contributed by atoms with Gasteiger partial charge in [-0.1, -0.05) is 51.2 Å². The van der Waals surface area contributed by atoms with Crippen molar-refractivity contribution in [3.63, 3.8) is 0 Å². The molecule has 0 spiro atoms. The van der Waals surface area contributed by atoms with E-state index < -0.39 is 6.17 Å². The highest BCUT2D eigenvalue weighted by atomic mass is 19.1. The lowest BCUT2D eigenvalue weighted by Gasteiger charge is -2.08. The zero-order chi connectivity index (χ0) is 20.2. The standard InChI is InChI=1S/C23H32F2N2O/c1-3-4-5-6-7-8-14-28-21-16-26-23(27-17-21)20-13-12-19(22(25)15-20)11-9-10-18(2)24/h12-13,15-18H,3-11,14H2,1-2H3. The van der Waals surface area contributed by atoms with E-state index in [2.05, 4.69) is 16.9 Å². The fourth-order valence-corrected chi connectivity index (χ4v) is 3.08. The summed E-state index contributed by atoms with van der Waals surface area (Å²) in [7, 11) is 0. The van der Waals surface area contributed by atoms with Crippen LogP contribution in [0.1, 0.15) is 70.8 Å². The molecule has 0 saturated heterocycles. The molecule has 0 bridgehead atoms. The lowest BCUT2D eigenvalue weighted by atomic mass is 10.0. The highest BCUT2D eigenvalue weighted by Crippen LogP contribution is 2.21. The summed E-state index contributed by atoms with van der Waals surface area (Å²) in [6.07, 6.45) is 11.3. The molecule has 2 rings (SSSR count). The number of halogens is 2. The Bertz CT molecular complexity index is 690. The number of aryl methyl sites for hydroxylation is 1. The first-order valence-corrected chi connectivity index (χ1v) is 10.5. The minimum atomic E-state index is -0.850. The van der Waals surface area contributed by atoms with Gasteiger partial charge in [-0.3, -0.25) is 0 Å². The zero-order valence-corrected chi connectivity index (χ0v) is 17.1. The fourth-order valence-electron chi connectivity index (χ4n) is 3.08. The summed E-state index contributed by atoms with van der Waals surface area (Å²) < 4.78 is 32.8. The SMILES string of the molecule is CCCCCCCCOc1cnc(-c2ccc(CCCC(C)F)c(F)c2)nc1. The van der Waals surface area contributed by atoms with Gasteiger partial charge in [0.15, 0.2) is 11.6 Å². The predicted molar refractivity (Wildman–Crippen MR) is 110 cm³/mol. The molecule has 0 aliphatic heterocycles. The molecule has 1 atom stereocenters. The Hall–Kier alpha value is -2.04. The lowest BCUT2D eigenvalue weighted by Crippen LogP contribution is -2.00. The van der Waals surface area contributed by atoms with Gasteiger partial charge >= 0.3 is 0 Å². The van der Waals surface area contributed by atoms with Crippen molar-refractivity contribution in [3.8, 4) is 17.1 Å². The summed E-state index contributed by atoms with van der Waals surface area (Å²) >= 11 is 0. The van der Waals surface area contributed by atoms with Crippen LogP contribution in [0.5, 0.6) is 5.75 Å². The Labute approximate surface area is 167 Å². The Balaban J connectivity index is 1.81. The maximum Gasteiger partial charge on any atom is 0.159 e. The third-order valence-corrected chi connectivity index (χ3v) is 4.75. The molecule has 1 unspecified atom stereocenters. The van der Waals surface area contributed by atoms with Gasteiger partial charge in [0.25, 0.3) is 0 Å². The number of hydrogen-bond donors (Lipinski definition) is 0. The average molecular weight is 391 g/mol. The van der Waals surface area contributed by atoms with Crippen molar-refractivity contribution >= 4 is 0 Å². The molecular weight excluding hydrogens is 358 g/mol. The van der Waals surface area contributed by atoms with E-state index in [9.17, 15) is 8.78 Å². The van der Waals surface area contributed by atoms with Crippen molar-refractivity contribution in [1.29, 1.82) is 0 Å². The third-order valence-electron chi connectivity index (χ3n) is 4.75. The van der Waals surface area contributed by atoms with E-state index in [0.29, 0.717) is 48.6 Å². The number of unbranched alkanes of at least 4 members (excludes halogenated alkanes) is 5. The number of ether oxygens (including phenoxy) is 1. The first kappa shape index (κ1) is 22.3. The monoisotopic (exact) mass is 390 g/mol. The molecular formula is C23H32F2N2O. The van der Waals surface area contributed by atoms with E-state index in [4.69, 9.17) is 4.74 Å². The molecule has 2 aromatic rings. The van der Waals surface area contributed by atoms with Crippen LogP contribution in [-0.2, 0) is 6.42 Å². The predicted octanol–water partition coefficient (Wildman–Crippen LogP) is 6.70. The maximum absolute atomic E-state index is 14.3. The van der Waals surface area contributed by atoms with Crippen LogP contribution in [0.25, 0.3) is 11.4 Å². The molecule has 0 radical (unpaired) electrons. The molecule has 1 heterocycles. The summed E-state index contributed by atoms with van der Waals surface area (Å²) in [6.45, 7) is 4.40. The van der Waals surface area contributed by atoms with Crippen LogP contribution >= 0.6 is 0 Å². The number of aromatic nitrogens is 2. The molecule has 0 fully saturated rings. The van der Waals surface area contributed by atoms with Crippen molar-refractivity contribution in [2.75, 3.05) is 6.61 Å². The minimum absolute atomic E-state index is 0.295. The van der Waals surface area contributed by atoms with Crippen LogP contribution in [0.15, 0.2) is 30.6 Å². The van der Waals surface area contributed by atoms with Crippen molar-refractivity contribution in [3.05, 3.63) is 42.0 Å². The number of alkyl halides is 1. The molecule has 154 valence electrons. The number of rotatable bonds is 13. The number of benzene rings is 1. The van der Waals surface area contributed by atoms with E-state index in [0.717, 1.165) is 6.42 Å². The highest BCUT2D eigenvalue weighted by molar-refractivity contribution is 5.55. The lowest BCUT2D eigenvalue weighted by molar-refractivity contribution is 0.302. The zero-order valence-electron chi connectivity index (χ0n) is 17.1. The minimum Gasteiger partial charge on any atom is -0.490 e. The molecule has 0 saturated carbocycles. The second kappa shape index (κ2) is 12.4. The summed E-state index contributed by atoms with van der Waals surface area (Å²) in [5, 5.41) is 0. The fraction of sp³-hybridized carbons (Fsp3) is 0.565. The van der Waals surface area contributed by atoms with Crippen LogP contribution in [0, 0.1) is 5.82 Å². The van der Waals surface area contributed by atoms with Crippen molar-refractivity contribution in [1.82, 2.24) is 9.97 Å². The second-order valence-electron chi connectivity index (χ2n) is 7.34. The van der Waals surface area contributed by atoms with Gasteiger partial charge in [0.05, 0.1) is 25.2 Å². The summed E-state index contributed by atoms with van der Waals surface area (Å²) in [5.74, 6) is 0.806. The molecule has 28 heavy (non-hydrogen) atoms. The van der Waals surface area contributed by atoms with Crippen LogP contribution in [-0.4, -0.2) is 22.7 Å². The number of nitrogens with zero attached hydrogens (tertiary/aromatic N) is 2.